The summed E-state index contributed by atoms with van der Waals surface area (Å²) in [5, 5.41) is 6.31. The highest BCUT2D eigenvalue weighted by molar-refractivity contribution is 6.05. The molecule has 134 valence electrons. The van der Waals surface area contributed by atoms with Gasteiger partial charge in [-0.05, 0) is 37.2 Å². The summed E-state index contributed by atoms with van der Waals surface area (Å²) in [5.74, 6) is -0.152. The molecule has 1 heterocycles. The normalized spacial score (nSPS) is 11.4. The van der Waals surface area contributed by atoms with Crippen LogP contribution in [0.4, 0.5) is 11.4 Å². The highest BCUT2D eigenvalue weighted by Crippen LogP contribution is 2.29. The van der Waals surface area contributed by atoms with Crippen LogP contribution in [0.15, 0.2) is 42.7 Å². The Morgan fingerprint density at radius 1 is 1.16 bits per heavy atom. The molecule has 1 amide bonds. The van der Waals surface area contributed by atoms with Crippen LogP contribution in [0.2, 0.25) is 0 Å². The number of amides is 1. The number of carbonyl (C=O) groups is 1. The van der Waals surface area contributed by atoms with Gasteiger partial charge in [-0.25, -0.2) is 0 Å². The molecule has 0 saturated heterocycles. The van der Waals surface area contributed by atoms with Crippen LogP contribution in [0.3, 0.4) is 0 Å². The molecule has 2 N–H and O–H groups in total. The Morgan fingerprint density at radius 2 is 1.88 bits per heavy atom. The van der Waals surface area contributed by atoms with E-state index in [1.807, 2.05) is 44.4 Å². The van der Waals surface area contributed by atoms with Crippen LogP contribution in [0, 0.1) is 0 Å². The Labute approximate surface area is 150 Å². The van der Waals surface area contributed by atoms with Crippen LogP contribution in [-0.4, -0.2) is 43.0 Å². The zero-order valence-corrected chi connectivity index (χ0v) is 15.8. The molecule has 0 saturated carbocycles. The van der Waals surface area contributed by atoms with E-state index in [1.54, 1.807) is 12.4 Å². The van der Waals surface area contributed by atoms with Gasteiger partial charge in [0.15, 0.2) is 0 Å². The first-order valence-electron chi connectivity index (χ1n) is 8.52. The molecule has 0 fully saturated rings. The maximum absolute atomic E-state index is 12.6. The molecular weight excluding hydrogens is 312 g/mol. The number of nitrogens with zero attached hydrogens (tertiary/aromatic N) is 2. The van der Waals surface area contributed by atoms with E-state index in [-0.39, 0.29) is 11.3 Å². The lowest BCUT2D eigenvalue weighted by atomic mass is 9.86. The molecule has 0 unspecified atom stereocenters. The maximum atomic E-state index is 12.6. The standard InChI is InChI=1S/C20H28N4O/c1-20(2,3)17-8-6-7-9-18(17)23-19(25)15-12-16(14-21-13-15)22-10-11-24(4)5/h6-9,12-14,22H,10-11H2,1-5H3,(H,23,25). The van der Waals surface area contributed by atoms with Gasteiger partial charge in [0.25, 0.3) is 5.91 Å². The van der Waals surface area contributed by atoms with Crippen molar-refractivity contribution < 1.29 is 4.79 Å². The lowest BCUT2D eigenvalue weighted by Gasteiger charge is -2.23. The highest BCUT2D eigenvalue weighted by Gasteiger charge is 2.19. The fourth-order valence-corrected chi connectivity index (χ4v) is 2.53. The Kier molecular flexibility index (Phi) is 6.15. The van der Waals surface area contributed by atoms with E-state index in [0.29, 0.717) is 5.56 Å². The van der Waals surface area contributed by atoms with Gasteiger partial charge in [-0.1, -0.05) is 39.0 Å². The number of carbonyl (C=O) groups excluding carboxylic acids is 1. The van der Waals surface area contributed by atoms with Crippen LogP contribution in [0.1, 0.15) is 36.7 Å². The lowest BCUT2D eigenvalue weighted by Crippen LogP contribution is -2.21. The summed E-state index contributed by atoms with van der Waals surface area (Å²) in [6.07, 6.45) is 3.32. The number of hydrogen-bond donors (Lipinski definition) is 2. The SMILES string of the molecule is CN(C)CCNc1cncc(C(=O)Nc2ccccc2C(C)(C)C)c1. The van der Waals surface area contributed by atoms with Crippen molar-refractivity contribution >= 4 is 17.3 Å². The molecule has 1 aromatic heterocycles. The minimum absolute atomic E-state index is 0.0439. The molecule has 0 spiro atoms. The van der Waals surface area contributed by atoms with Crippen LogP contribution < -0.4 is 10.6 Å². The zero-order valence-electron chi connectivity index (χ0n) is 15.8. The van der Waals surface area contributed by atoms with Gasteiger partial charge in [0.05, 0.1) is 11.3 Å². The number of para-hydroxylation sites is 1. The molecule has 2 aromatic rings. The van der Waals surface area contributed by atoms with Gasteiger partial charge in [0.1, 0.15) is 0 Å². The molecule has 0 aliphatic carbocycles. The Morgan fingerprint density at radius 3 is 2.56 bits per heavy atom. The summed E-state index contributed by atoms with van der Waals surface area (Å²) in [6, 6.07) is 9.74. The molecule has 5 nitrogen and oxygen atoms in total. The quantitative estimate of drug-likeness (QED) is 0.843. The van der Waals surface area contributed by atoms with Gasteiger partial charge >= 0.3 is 0 Å². The minimum atomic E-state index is -0.152. The lowest BCUT2D eigenvalue weighted by molar-refractivity contribution is 0.102. The average molecular weight is 340 g/mol. The summed E-state index contributed by atoms with van der Waals surface area (Å²) in [6.45, 7) is 8.11. The van der Waals surface area contributed by atoms with E-state index in [9.17, 15) is 4.79 Å². The van der Waals surface area contributed by atoms with Crippen molar-refractivity contribution in [2.24, 2.45) is 0 Å². The smallest absolute Gasteiger partial charge is 0.257 e. The van der Waals surface area contributed by atoms with E-state index in [4.69, 9.17) is 0 Å². The second kappa shape index (κ2) is 8.12. The number of aromatic nitrogens is 1. The number of pyridine rings is 1. The second-order valence-corrected chi connectivity index (χ2v) is 7.44. The maximum Gasteiger partial charge on any atom is 0.257 e. The number of benzene rings is 1. The Bertz CT molecular complexity index is 720. The molecule has 5 heteroatoms. The van der Waals surface area contributed by atoms with Gasteiger partial charge in [0.2, 0.25) is 0 Å². The van der Waals surface area contributed by atoms with Crippen LogP contribution in [0.5, 0.6) is 0 Å². The monoisotopic (exact) mass is 340 g/mol. The minimum Gasteiger partial charge on any atom is -0.382 e. The van der Waals surface area contributed by atoms with Crippen molar-refractivity contribution in [3.05, 3.63) is 53.9 Å². The van der Waals surface area contributed by atoms with Crippen LogP contribution in [-0.2, 0) is 5.41 Å². The van der Waals surface area contributed by atoms with Crippen molar-refractivity contribution in [1.29, 1.82) is 0 Å². The Balaban J connectivity index is 2.12. The number of hydrogen-bond acceptors (Lipinski definition) is 4. The molecule has 0 bridgehead atoms. The first-order valence-corrected chi connectivity index (χ1v) is 8.52. The molecular formula is C20H28N4O. The molecule has 0 aliphatic rings. The van der Waals surface area contributed by atoms with E-state index in [1.165, 1.54) is 0 Å². The fraction of sp³-hybridized carbons (Fsp3) is 0.400. The highest BCUT2D eigenvalue weighted by atomic mass is 16.1. The molecule has 2 rings (SSSR count). The summed E-state index contributed by atoms with van der Waals surface area (Å²) in [4.78, 5) is 18.9. The Hall–Kier alpha value is -2.40. The molecule has 1 aromatic carbocycles. The van der Waals surface area contributed by atoms with E-state index < -0.39 is 0 Å². The summed E-state index contributed by atoms with van der Waals surface area (Å²) in [5.41, 5.74) is 3.29. The fourth-order valence-electron chi connectivity index (χ4n) is 2.53. The summed E-state index contributed by atoms with van der Waals surface area (Å²) in [7, 11) is 4.05. The predicted octanol–water partition coefficient (Wildman–Crippen LogP) is 3.60. The van der Waals surface area contributed by atoms with E-state index in [0.717, 1.165) is 30.0 Å². The van der Waals surface area contributed by atoms with Crippen molar-refractivity contribution in [2.45, 2.75) is 26.2 Å². The van der Waals surface area contributed by atoms with E-state index in [2.05, 4.69) is 41.3 Å². The van der Waals surface area contributed by atoms with E-state index >= 15 is 0 Å². The largest absolute Gasteiger partial charge is 0.382 e. The third-order valence-corrected chi connectivity index (χ3v) is 3.87. The second-order valence-electron chi connectivity index (χ2n) is 7.44. The van der Waals surface area contributed by atoms with Crippen molar-refractivity contribution in [1.82, 2.24) is 9.88 Å². The van der Waals surface area contributed by atoms with Gasteiger partial charge in [-0.2, -0.15) is 0 Å². The van der Waals surface area contributed by atoms with Crippen LogP contribution >= 0.6 is 0 Å². The number of rotatable bonds is 6. The number of anilines is 2. The first kappa shape index (κ1) is 18.9. The van der Waals surface area contributed by atoms with Crippen molar-refractivity contribution in [3.63, 3.8) is 0 Å². The molecule has 0 aliphatic heterocycles. The predicted molar refractivity (Wildman–Crippen MR) is 104 cm³/mol. The summed E-state index contributed by atoms with van der Waals surface area (Å²) >= 11 is 0. The van der Waals surface area contributed by atoms with Crippen molar-refractivity contribution in [3.8, 4) is 0 Å². The molecule has 0 atom stereocenters. The topological polar surface area (TPSA) is 57.3 Å². The van der Waals surface area contributed by atoms with Crippen LogP contribution in [0.25, 0.3) is 0 Å². The van der Waals surface area contributed by atoms with Gasteiger partial charge < -0.3 is 15.5 Å². The first-order chi connectivity index (χ1) is 11.8. The molecule has 25 heavy (non-hydrogen) atoms. The summed E-state index contributed by atoms with van der Waals surface area (Å²) < 4.78 is 0. The van der Waals surface area contributed by atoms with Crippen molar-refractivity contribution in [2.75, 3.05) is 37.8 Å². The average Bonchev–Trinajstić information content (AvgIpc) is 2.54. The molecule has 0 radical (unpaired) electrons. The number of nitrogens with one attached hydrogen (secondary N) is 2. The zero-order chi connectivity index (χ0) is 18.4. The van der Waals surface area contributed by atoms with Gasteiger partial charge in [0, 0.05) is 31.2 Å². The van der Waals surface area contributed by atoms with Gasteiger partial charge in [-0.15, -0.1) is 0 Å². The van der Waals surface area contributed by atoms with Gasteiger partial charge in [-0.3, -0.25) is 9.78 Å². The third kappa shape index (κ3) is 5.57. The number of likely N-dealkylation sites (N-methyl/N-ethyl adjacent to an activating group) is 1. The third-order valence-electron chi connectivity index (χ3n) is 3.87.